The number of ether oxygens (including phenoxy) is 1. The number of rotatable bonds is 7. The number of pyridine rings is 1. The predicted octanol–water partition coefficient (Wildman–Crippen LogP) is 2.43. The van der Waals surface area contributed by atoms with E-state index in [1.165, 1.54) is 12.1 Å². The van der Waals surface area contributed by atoms with Crippen molar-refractivity contribution in [2.45, 2.75) is 6.04 Å². The highest BCUT2D eigenvalue weighted by Gasteiger charge is 2.32. The molecule has 0 radical (unpaired) electrons. The molecule has 0 amide bonds. The summed E-state index contributed by atoms with van der Waals surface area (Å²) >= 11 is 6.25. The third-order valence-electron chi connectivity index (χ3n) is 4.21. The molecule has 0 bridgehead atoms. The molecule has 1 atom stereocenters. The second-order valence-corrected chi connectivity index (χ2v) is 6.48. The first kappa shape index (κ1) is 20.7. The molecule has 0 saturated carbocycles. The highest BCUT2D eigenvalue weighted by molar-refractivity contribution is 6.31. The summed E-state index contributed by atoms with van der Waals surface area (Å²) in [6.07, 6.45) is 8.44. The largest absolute Gasteiger partial charge is 0.388 e. The maximum atomic E-state index is 13.6. The molecule has 29 heavy (non-hydrogen) atoms. The Bertz CT molecular complexity index is 1020. The summed E-state index contributed by atoms with van der Waals surface area (Å²) in [4.78, 5) is 21.2. The van der Waals surface area contributed by atoms with Crippen molar-refractivity contribution in [2.24, 2.45) is 4.99 Å². The molecule has 0 aliphatic carbocycles. The molecule has 1 aromatic carbocycles. The lowest BCUT2D eigenvalue weighted by Gasteiger charge is -2.28. The summed E-state index contributed by atoms with van der Waals surface area (Å²) in [6, 6.07) is 6.47. The number of aromatic nitrogens is 1. The van der Waals surface area contributed by atoms with Gasteiger partial charge in [-0.25, -0.2) is 4.39 Å². The van der Waals surface area contributed by atoms with Crippen LogP contribution in [0.5, 0.6) is 0 Å². The summed E-state index contributed by atoms with van der Waals surface area (Å²) in [6.45, 7) is -0.703. The number of aliphatic imine (C=N–C) groups is 1. The quantitative estimate of drug-likeness (QED) is 0.538. The van der Waals surface area contributed by atoms with E-state index < -0.39 is 24.2 Å². The molecule has 2 N–H and O–H groups in total. The standard InChI is InChI=1S/C21H17ClFN3O3/c1-2-9-29-12-17-19(18(28)11-27)20(15-4-3-14(23)10-16(15)22)26-21(25-17)13-5-7-24-8-6-13/h1,3-8,10,20,27H,9,11-12H2,(H,25,26). The molecule has 1 aromatic heterocycles. The first-order chi connectivity index (χ1) is 14.0. The number of halogens is 2. The fraction of sp³-hybridized carbons (Fsp3) is 0.190. The van der Waals surface area contributed by atoms with Crippen molar-refractivity contribution < 1.29 is 19.0 Å². The third kappa shape index (κ3) is 4.69. The Labute approximate surface area is 172 Å². The van der Waals surface area contributed by atoms with Crippen molar-refractivity contribution in [3.05, 3.63) is 76.0 Å². The number of hydrogen-bond acceptors (Lipinski definition) is 6. The lowest BCUT2D eigenvalue weighted by atomic mass is 9.92. The van der Waals surface area contributed by atoms with Crippen molar-refractivity contribution in [3.8, 4) is 12.3 Å². The van der Waals surface area contributed by atoms with Crippen LogP contribution in [0.2, 0.25) is 5.02 Å². The molecule has 8 heteroatoms. The normalized spacial score (nSPS) is 16.1. The van der Waals surface area contributed by atoms with E-state index in [4.69, 9.17) is 22.8 Å². The minimum atomic E-state index is -0.864. The fourth-order valence-corrected chi connectivity index (χ4v) is 3.21. The first-order valence-electron chi connectivity index (χ1n) is 8.63. The fourth-order valence-electron chi connectivity index (χ4n) is 2.94. The Balaban J connectivity index is 2.15. The van der Waals surface area contributed by atoms with E-state index in [1.807, 2.05) is 0 Å². The first-order valence-corrected chi connectivity index (χ1v) is 9.01. The second-order valence-electron chi connectivity index (χ2n) is 6.08. The smallest absolute Gasteiger partial charge is 0.188 e. The maximum Gasteiger partial charge on any atom is 0.188 e. The van der Waals surface area contributed by atoms with Crippen LogP contribution in [0.25, 0.3) is 0 Å². The summed E-state index contributed by atoms with van der Waals surface area (Å²) in [5, 5.41) is 12.7. The summed E-state index contributed by atoms with van der Waals surface area (Å²) < 4.78 is 19.0. The third-order valence-corrected chi connectivity index (χ3v) is 4.54. The molecule has 0 spiro atoms. The average molecular weight is 414 g/mol. The Hall–Kier alpha value is -3.05. The number of hydrogen-bond donors (Lipinski definition) is 2. The van der Waals surface area contributed by atoms with Gasteiger partial charge in [0.25, 0.3) is 0 Å². The number of nitrogens with one attached hydrogen (secondary N) is 1. The zero-order valence-corrected chi connectivity index (χ0v) is 16.0. The van der Waals surface area contributed by atoms with E-state index in [9.17, 15) is 14.3 Å². The molecule has 0 saturated heterocycles. The van der Waals surface area contributed by atoms with Crippen LogP contribution in [0.1, 0.15) is 17.2 Å². The van der Waals surface area contributed by atoms with Crippen LogP contribution in [-0.2, 0) is 9.53 Å². The monoisotopic (exact) mass is 413 g/mol. The van der Waals surface area contributed by atoms with Gasteiger partial charge in [-0.3, -0.25) is 14.8 Å². The van der Waals surface area contributed by atoms with Gasteiger partial charge in [-0.1, -0.05) is 23.6 Å². The molecule has 6 nitrogen and oxygen atoms in total. The molecular weight excluding hydrogens is 397 g/mol. The topological polar surface area (TPSA) is 83.8 Å². The van der Waals surface area contributed by atoms with Crippen LogP contribution in [0.3, 0.4) is 0 Å². The molecule has 1 unspecified atom stereocenters. The van der Waals surface area contributed by atoms with Crippen molar-refractivity contribution in [1.82, 2.24) is 10.3 Å². The molecular formula is C21H17ClFN3O3. The Morgan fingerprint density at radius 3 is 2.76 bits per heavy atom. The van der Waals surface area contributed by atoms with Crippen LogP contribution >= 0.6 is 11.6 Å². The van der Waals surface area contributed by atoms with E-state index in [1.54, 1.807) is 24.5 Å². The highest BCUT2D eigenvalue weighted by Crippen LogP contribution is 2.36. The number of terminal acetylenes is 1. The lowest BCUT2D eigenvalue weighted by molar-refractivity contribution is -0.118. The van der Waals surface area contributed by atoms with Crippen LogP contribution < -0.4 is 5.32 Å². The highest BCUT2D eigenvalue weighted by atomic mass is 35.5. The van der Waals surface area contributed by atoms with Crippen molar-refractivity contribution in [3.63, 3.8) is 0 Å². The number of nitrogens with zero attached hydrogens (tertiary/aromatic N) is 2. The number of amidine groups is 1. The Morgan fingerprint density at radius 2 is 2.10 bits per heavy atom. The van der Waals surface area contributed by atoms with E-state index in [0.29, 0.717) is 22.7 Å². The van der Waals surface area contributed by atoms with Gasteiger partial charge in [-0.15, -0.1) is 6.42 Å². The molecule has 1 aliphatic rings. The van der Waals surface area contributed by atoms with Gasteiger partial charge in [-0.2, -0.15) is 0 Å². The van der Waals surface area contributed by atoms with Crippen LogP contribution in [0, 0.1) is 18.2 Å². The minimum Gasteiger partial charge on any atom is -0.388 e. The van der Waals surface area contributed by atoms with Gasteiger partial charge in [0, 0.05) is 34.1 Å². The zero-order chi connectivity index (χ0) is 20.8. The number of benzene rings is 1. The molecule has 2 heterocycles. The van der Waals surface area contributed by atoms with Gasteiger partial charge in [0.15, 0.2) is 5.78 Å². The molecule has 0 fully saturated rings. The number of ketones is 1. The Morgan fingerprint density at radius 1 is 1.34 bits per heavy atom. The van der Waals surface area contributed by atoms with Gasteiger partial charge in [0.1, 0.15) is 30.9 Å². The molecule has 2 aromatic rings. The summed E-state index contributed by atoms with van der Waals surface area (Å²) in [5.74, 6) is 1.74. The van der Waals surface area contributed by atoms with Gasteiger partial charge in [0.05, 0.1) is 12.3 Å². The minimum absolute atomic E-state index is 0.00924. The summed E-state index contributed by atoms with van der Waals surface area (Å²) in [5.41, 5.74) is 1.71. The van der Waals surface area contributed by atoms with Gasteiger partial charge in [-0.05, 0) is 24.3 Å². The number of carbonyl (C=O) groups is 1. The number of aliphatic hydroxyl groups excluding tert-OH is 1. The van der Waals surface area contributed by atoms with Crippen molar-refractivity contribution in [1.29, 1.82) is 0 Å². The SMILES string of the molecule is C#CCOCC1=C(C(=O)CO)C(c2ccc(F)cc2Cl)N=C(c2ccncc2)N1. The summed E-state index contributed by atoms with van der Waals surface area (Å²) in [7, 11) is 0. The van der Waals surface area contributed by atoms with E-state index >= 15 is 0 Å². The van der Waals surface area contributed by atoms with Gasteiger partial charge >= 0.3 is 0 Å². The number of Topliss-reactive ketones (excluding diaryl/α,β-unsaturated/α-hetero) is 1. The number of carbonyl (C=O) groups excluding carboxylic acids is 1. The molecule has 148 valence electrons. The van der Waals surface area contributed by atoms with Crippen molar-refractivity contribution >= 4 is 23.2 Å². The average Bonchev–Trinajstić information content (AvgIpc) is 2.73. The lowest BCUT2D eigenvalue weighted by Crippen LogP contribution is -2.36. The second kappa shape index (κ2) is 9.43. The number of aliphatic hydroxyl groups is 1. The van der Waals surface area contributed by atoms with E-state index in [-0.39, 0.29) is 23.8 Å². The van der Waals surface area contributed by atoms with E-state index in [2.05, 4.69) is 21.2 Å². The molecule has 1 aliphatic heterocycles. The molecule has 3 rings (SSSR count). The van der Waals surface area contributed by atoms with Gasteiger partial charge < -0.3 is 15.2 Å². The van der Waals surface area contributed by atoms with Gasteiger partial charge in [0.2, 0.25) is 0 Å². The predicted molar refractivity (Wildman–Crippen MR) is 107 cm³/mol. The van der Waals surface area contributed by atoms with Crippen LogP contribution in [0.15, 0.2) is 59.0 Å². The maximum absolute atomic E-state index is 13.6. The Kier molecular flexibility index (Phi) is 6.73. The van der Waals surface area contributed by atoms with Crippen LogP contribution in [-0.4, -0.2) is 41.5 Å². The zero-order valence-electron chi connectivity index (χ0n) is 15.2. The van der Waals surface area contributed by atoms with Crippen LogP contribution in [0.4, 0.5) is 4.39 Å². The van der Waals surface area contributed by atoms with E-state index in [0.717, 1.165) is 6.07 Å². The van der Waals surface area contributed by atoms with Crippen molar-refractivity contribution in [2.75, 3.05) is 19.8 Å².